The van der Waals surface area contributed by atoms with E-state index in [9.17, 15) is 9.00 Å². The highest BCUT2D eigenvalue weighted by molar-refractivity contribution is 7.90. The van der Waals surface area contributed by atoms with E-state index in [1.165, 1.54) is 11.1 Å². The van der Waals surface area contributed by atoms with Gasteiger partial charge in [0.05, 0.1) is 17.9 Å². The summed E-state index contributed by atoms with van der Waals surface area (Å²) in [6.45, 7) is 0. The molecule has 0 radical (unpaired) electrons. The van der Waals surface area contributed by atoms with E-state index in [0.717, 1.165) is 11.4 Å². The third-order valence-corrected chi connectivity index (χ3v) is 5.07. The highest BCUT2D eigenvalue weighted by Gasteiger charge is 2.33. The number of methoxy groups -OCH3 is 1. The number of nitrogens with one attached hydrogen (secondary N) is 1. The summed E-state index contributed by atoms with van der Waals surface area (Å²) in [5.41, 5.74) is 1.45. The maximum atomic E-state index is 12.5. The Labute approximate surface area is 147 Å². The highest BCUT2D eigenvalue weighted by Crippen LogP contribution is 2.26. The van der Waals surface area contributed by atoms with Crippen LogP contribution in [0.3, 0.4) is 0 Å². The molecule has 0 spiro atoms. The third-order valence-electron chi connectivity index (χ3n) is 3.55. The standard InChI is InChI=1S/C17H15ClN2O3S/c1-23-15-8-4-13(5-9-15)19-10-16-17(21)20(11-24(16)22)14-6-2-12(18)3-7-14/h2-10,19H,11H2,1H3/b16-10-. The van der Waals surface area contributed by atoms with Gasteiger partial charge in [-0.2, -0.15) is 0 Å². The lowest BCUT2D eigenvalue weighted by Gasteiger charge is -2.13. The zero-order chi connectivity index (χ0) is 17.1. The number of amides is 1. The third kappa shape index (κ3) is 3.44. The van der Waals surface area contributed by atoms with Gasteiger partial charge in [-0.05, 0) is 48.5 Å². The van der Waals surface area contributed by atoms with Crippen LogP contribution in [0.1, 0.15) is 0 Å². The summed E-state index contributed by atoms with van der Waals surface area (Å²) in [5.74, 6) is 0.593. The first-order chi connectivity index (χ1) is 11.6. The van der Waals surface area contributed by atoms with Gasteiger partial charge >= 0.3 is 0 Å². The minimum absolute atomic E-state index is 0.136. The Morgan fingerprint density at radius 2 is 1.83 bits per heavy atom. The van der Waals surface area contributed by atoms with Crippen molar-refractivity contribution >= 4 is 39.7 Å². The molecule has 5 nitrogen and oxygen atoms in total. The quantitative estimate of drug-likeness (QED) is 0.847. The van der Waals surface area contributed by atoms with Gasteiger partial charge in [-0.3, -0.25) is 13.9 Å². The lowest BCUT2D eigenvalue weighted by molar-refractivity contribution is -0.114. The number of nitrogens with zero attached hydrogens (tertiary/aromatic N) is 1. The predicted octanol–water partition coefficient (Wildman–Crippen LogP) is 3.35. The van der Waals surface area contributed by atoms with Gasteiger partial charge < -0.3 is 10.1 Å². The number of hydrogen-bond donors (Lipinski definition) is 1. The largest absolute Gasteiger partial charge is 0.497 e. The molecule has 1 heterocycles. The average Bonchev–Trinajstić information content (AvgIpc) is 2.88. The van der Waals surface area contributed by atoms with Gasteiger partial charge in [0, 0.05) is 22.6 Å². The van der Waals surface area contributed by atoms with Crippen LogP contribution >= 0.6 is 11.6 Å². The Hall–Kier alpha value is -2.31. The van der Waals surface area contributed by atoms with Gasteiger partial charge in [0.25, 0.3) is 5.91 Å². The molecule has 1 amide bonds. The zero-order valence-electron chi connectivity index (χ0n) is 12.9. The monoisotopic (exact) mass is 362 g/mol. The molecule has 1 fully saturated rings. The normalized spacial score (nSPS) is 18.9. The molecular formula is C17H15ClN2O3S. The number of anilines is 2. The molecule has 124 valence electrons. The Balaban J connectivity index is 1.76. The van der Waals surface area contributed by atoms with Crippen molar-refractivity contribution in [3.05, 3.63) is 64.7 Å². The number of carbonyl (C=O) groups is 1. The molecule has 3 rings (SSSR count). The van der Waals surface area contributed by atoms with Gasteiger partial charge in [-0.1, -0.05) is 11.6 Å². The van der Waals surface area contributed by atoms with E-state index in [1.54, 1.807) is 43.5 Å². The Morgan fingerprint density at radius 1 is 1.17 bits per heavy atom. The summed E-state index contributed by atoms with van der Waals surface area (Å²) in [6.07, 6.45) is 1.50. The molecule has 0 aliphatic carbocycles. The molecule has 1 atom stereocenters. The highest BCUT2D eigenvalue weighted by atomic mass is 35.5. The molecule has 1 aliphatic heterocycles. The fourth-order valence-electron chi connectivity index (χ4n) is 2.25. The Morgan fingerprint density at radius 3 is 2.46 bits per heavy atom. The maximum Gasteiger partial charge on any atom is 0.269 e. The number of ether oxygens (including phenoxy) is 1. The van der Waals surface area contributed by atoms with Crippen LogP contribution < -0.4 is 15.0 Å². The summed E-state index contributed by atoms with van der Waals surface area (Å²) in [7, 11) is 0.204. The molecule has 1 N–H and O–H groups in total. The topological polar surface area (TPSA) is 58.6 Å². The van der Waals surface area contributed by atoms with Crippen LogP contribution in [0.15, 0.2) is 59.6 Å². The van der Waals surface area contributed by atoms with Crippen LogP contribution in [0.4, 0.5) is 11.4 Å². The van der Waals surface area contributed by atoms with E-state index in [2.05, 4.69) is 5.32 Å². The molecular weight excluding hydrogens is 348 g/mol. The summed E-state index contributed by atoms with van der Waals surface area (Å²) >= 11 is 5.86. The molecule has 0 aromatic heterocycles. The van der Waals surface area contributed by atoms with Crippen molar-refractivity contribution in [2.75, 3.05) is 23.2 Å². The second-order valence-corrected chi connectivity index (χ2v) is 6.89. The predicted molar refractivity (Wildman–Crippen MR) is 96.6 cm³/mol. The van der Waals surface area contributed by atoms with E-state index in [0.29, 0.717) is 10.7 Å². The van der Waals surface area contributed by atoms with E-state index in [-0.39, 0.29) is 16.7 Å². The number of carbonyl (C=O) groups excluding carboxylic acids is 1. The van der Waals surface area contributed by atoms with Crippen LogP contribution in [0.25, 0.3) is 0 Å². The van der Waals surface area contributed by atoms with Crippen LogP contribution in [-0.2, 0) is 15.6 Å². The van der Waals surface area contributed by atoms with E-state index in [4.69, 9.17) is 16.3 Å². The van der Waals surface area contributed by atoms with E-state index < -0.39 is 10.8 Å². The molecule has 2 aromatic rings. The first-order valence-corrected chi connectivity index (χ1v) is 8.85. The van der Waals surface area contributed by atoms with Crippen molar-refractivity contribution in [3.63, 3.8) is 0 Å². The SMILES string of the molecule is COc1ccc(N/C=C2/C(=O)N(c3ccc(Cl)cc3)CS2=O)cc1. The minimum atomic E-state index is -1.39. The van der Waals surface area contributed by atoms with Crippen molar-refractivity contribution in [1.29, 1.82) is 0 Å². The Bertz CT molecular complexity index is 804. The summed E-state index contributed by atoms with van der Waals surface area (Å²) < 4.78 is 17.3. The minimum Gasteiger partial charge on any atom is -0.497 e. The van der Waals surface area contributed by atoms with Crippen molar-refractivity contribution in [2.24, 2.45) is 0 Å². The first kappa shape index (κ1) is 16.5. The number of hydrogen-bond acceptors (Lipinski definition) is 4. The fraction of sp³-hybridized carbons (Fsp3) is 0.118. The van der Waals surface area contributed by atoms with Gasteiger partial charge in [-0.15, -0.1) is 0 Å². The lowest BCUT2D eigenvalue weighted by Crippen LogP contribution is -2.24. The van der Waals surface area contributed by atoms with Crippen LogP contribution in [0.5, 0.6) is 5.75 Å². The van der Waals surface area contributed by atoms with Gasteiger partial charge in [0.1, 0.15) is 16.5 Å². The number of halogens is 1. The summed E-state index contributed by atoms with van der Waals surface area (Å²) in [4.78, 5) is 14.2. The van der Waals surface area contributed by atoms with Crippen molar-refractivity contribution in [1.82, 2.24) is 0 Å². The van der Waals surface area contributed by atoms with Crippen molar-refractivity contribution in [3.8, 4) is 5.75 Å². The molecule has 1 aliphatic rings. The fourth-order valence-corrected chi connectivity index (χ4v) is 3.51. The number of benzene rings is 2. The van der Waals surface area contributed by atoms with E-state index >= 15 is 0 Å². The molecule has 1 unspecified atom stereocenters. The summed E-state index contributed by atoms with van der Waals surface area (Å²) in [6, 6.07) is 14.1. The van der Waals surface area contributed by atoms with Gasteiger partial charge in [0.15, 0.2) is 0 Å². The van der Waals surface area contributed by atoms with Gasteiger partial charge in [0.2, 0.25) is 0 Å². The van der Waals surface area contributed by atoms with Crippen molar-refractivity contribution < 1.29 is 13.7 Å². The average molecular weight is 363 g/mol. The molecule has 0 saturated carbocycles. The molecule has 0 bridgehead atoms. The van der Waals surface area contributed by atoms with Gasteiger partial charge in [-0.25, -0.2) is 0 Å². The zero-order valence-corrected chi connectivity index (χ0v) is 14.4. The molecule has 7 heteroatoms. The molecule has 1 saturated heterocycles. The second-order valence-electron chi connectivity index (χ2n) is 5.07. The summed E-state index contributed by atoms with van der Waals surface area (Å²) in [5, 5.41) is 3.59. The molecule has 2 aromatic carbocycles. The van der Waals surface area contributed by atoms with Crippen LogP contribution in [0.2, 0.25) is 5.02 Å². The smallest absolute Gasteiger partial charge is 0.269 e. The second kappa shape index (κ2) is 7.07. The Kier molecular flexibility index (Phi) is 4.87. The van der Waals surface area contributed by atoms with Crippen molar-refractivity contribution in [2.45, 2.75) is 0 Å². The number of rotatable bonds is 4. The maximum absolute atomic E-state index is 12.5. The lowest BCUT2D eigenvalue weighted by atomic mass is 10.3. The molecule has 24 heavy (non-hydrogen) atoms. The first-order valence-electron chi connectivity index (χ1n) is 7.15. The van der Waals surface area contributed by atoms with E-state index in [1.807, 2.05) is 12.1 Å². The van der Waals surface area contributed by atoms with Crippen LogP contribution in [-0.4, -0.2) is 23.1 Å². The van der Waals surface area contributed by atoms with Crippen LogP contribution in [0, 0.1) is 0 Å².